The monoisotopic (exact) mass is 691 g/mol. The number of hydrogen-bond acceptors (Lipinski definition) is 1. The molecule has 1 aliphatic carbocycles. The van der Waals surface area contributed by atoms with Crippen LogP contribution in [0.25, 0.3) is 45.2 Å². The molecule has 0 atom stereocenters. The molecule has 0 spiro atoms. The van der Waals surface area contributed by atoms with E-state index in [0.717, 1.165) is 41.0 Å². The Bertz CT molecular complexity index is 2550. The summed E-state index contributed by atoms with van der Waals surface area (Å²) in [6.07, 6.45) is 5.60. The normalized spacial score (nSPS) is 12.5. The third-order valence-electron chi connectivity index (χ3n) is 11.2. The second-order valence-corrected chi connectivity index (χ2v) is 14.3. The van der Waals surface area contributed by atoms with Gasteiger partial charge in [0.25, 0.3) is 0 Å². The van der Waals surface area contributed by atoms with Gasteiger partial charge in [0, 0.05) is 22.2 Å². The van der Waals surface area contributed by atoms with E-state index in [1.807, 2.05) is 12.2 Å². The number of rotatable bonds is 10. The van der Waals surface area contributed by atoms with Gasteiger partial charge < -0.3 is 4.90 Å². The summed E-state index contributed by atoms with van der Waals surface area (Å²) in [5, 5.41) is 2.45. The lowest BCUT2D eigenvalue weighted by Crippen LogP contribution is -2.31. The van der Waals surface area contributed by atoms with E-state index in [1.165, 1.54) is 55.3 Å². The fraction of sp³-hybridized carbons (Fsp3) is 0.0566. The molecule has 54 heavy (non-hydrogen) atoms. The van der Waals surface area contributed by atoms with Crippen molar-refractivity contribution in [2.24, 2.45) is 0 Å². The summed E-state index contributed by atoms with van der Waals surface area (Å²) in [6.45, 7) is 7.99. The fourth-order valence-electron chi connectivity index (χ4n) is 8.53. The van der Waals surface area contributed by atoms with Crippen molar-refractivity contribution >= 4 is 40.0 Å². The van der Waals surface area contributed by atoms with Crippen molar-refractivity contribution in [2.75, 3.05) is 4.90 Å². The van der Waals surface area contributed by atoms with E-state index in [4.69, 9.17) is 0 Å². The fourth-order valence-corrected chi connectivity index (χ4v) is 8.53. The lowest BCUT2D eigenvalue weighted by molar-refractivity contribution is 0.520. The van der Waals surface area contributed by atoms with E-state index in [2.05, 4.69) is 206 Å². The van der Waals surface area contributed by atoms with Crippen LogP contribution in [0.1, 0.15) is 33.4 Å². The van der Waals surface area contributed by atoms with Gasteiger partial charge in [-0.15, -0.1) is 0 Å². The molecule has 8 aromatic rings. The van der Waals surface area contributed by atoms with Crippen molar-refractivity contribution in [3.05, 3.63) is 235 Å². The number of fused-ring (bicyclic) bond motifs is 4. The first kappa shape index (κ1) is 33.2. The highest BCUT2D eigenvalue weighted by atomic mass is 15.1. The first-order valence-corrected chi connectivity index (χ1v) is 18.7. The molecule has 1 aliphatic rings. The molecule has 1 nitrogen and oxygen atoms in total. The topological polar surface area (TPSA) is 3.24 Å². The second kappa shape index (κ2) is 14.0. The quantitative estimate of drug-likeness (QED) is 0.138. The minimum atomic E-state index is -0.258. The maximum absolute atomic E-state index is 3.99. The maximum Gasteiger partial charge on any atom is 0.0540 e. The van der Waals surface area contributed by atoms with Gasteiger partial charge in [-0.05, 0) is 110 Å². The second-order valence-electron chi connectivity index (χ2n) is 14.3. The molecule has 0 aliphatic heterocycles. The Hall–Kier alpha value is -6.70. The highest BCUT2D eigenvalue weighted by Gasteiger charge is 2.43. The van der Waals surface area contributed by atoms with Crippen molar-refractivity contribution in [1.82, 2.24) is 0 Å². The van der Waals surface area contributed by atoms with Gasteiger partial charge in [-0.1, -0.05) is 177 Å². The first-order chi connectivity index (χ1) is 26.6. The molecule has 0 amide bonds. The molecular weight excluding hydrogens is 651 g/mol. The van der Waals surface area contributed by atoms with Gasteiger partial charge in [0.1, 0.15) is 0 Å². The molecule has 8 aromatic carbocycles. The maximum atomic E-state index is 3.99. The molecule has 0 unspecified atom stereocenters. The minimum absolute atomic E-state index is 0.258. The Labute approximate surface area is 318 Å². The lowest BCUT2D eigenvalue weighted by Gasteiger charge is -2.33. The summed E-state index contributed by atoms with van der Waals surface area (Å²) in [5.41, 5.74) is 15.9. The van der Waals surface area contributed by atoms with Crippen LogP contribution in [0.5, 0.6) is 0 Å². The number of para-hydroxylation sites is 1. The SMILES string of the molecule is C=Cc1ccc(CC2(Cc3ccc(C=C)cc3)c3ccccc3-c3ccc(-c4ccc(N(c5ccccc5)c5cccc6ccccc56)cc4)cc32)cc1. The van der Waals surface area contributed by atoms with Gasteiger partial charge in [0.15, 0.2) is 0 Å². The predicted octanol–water partition coefficient (Wildman–Crippen LogP) is 14.0. The molecule has 0 heterocycles. The zero-order chi connectivity index (χ0) is 36.5. The Kier molecular flexibility index (Phi) is 8.61. The van der Waals surface area contributed by atoms with E-state index in [1.54, 1.807) is 0 Å². The summed E-state index contributed by atoms with van der Waals surface area (Å²) >= 11 is 0. The van der Waals surface area contributed by atoms with Gasteiger partial charge in [-0.2, -0.15) is 0 Å². The number of hydrogen-bond donors (Lipinski definition) is 0. The third-order valence-corrected chi connectivity index (χ3v) is 11.2. The van der Waals surface area contributed by atoms with Crippen LogP contribution >= 0.6 is 0 Å². The van der Waals surface area contributed by atoms with Crippen LogP contribution in [0, 0.1) is 0 Å². The first-order valence-electron chi connectivity index (χ1n) is 18.7. The van der Waals surface area contributed by atoms with Crippen LogP contribution < -0.4 is 4.90 Å². The van der Waals surface area contributed by atoms with Gasteiger partial charge in [0.2, 0.25) is 0 Å². The third kappa shape index (κ3) is 5.94. The van der Waals surface area contributed by atoms with Crippen molar-refractivity contribution in [3.63, 3.8) is 0 Å². The van der Waals surface area contributed by atoms with E-state index < -0.39 is 0 Å². The summed E-state index contributed by atoms with van der Waals surface area (Å²) in [5.74, 6) is 0. The van der Waals surface area contributed by atoms with E-state index >= 15 is 0 Å². The Balaban J connectivity index is 1.16. The zero-order valence-electron chi connectivity index (χ0n) is 30.3. The highest BCUT2D eigenvalue weighted by molar-refractivity contribution is 5.99. The molecule has 0 bridgehead atoms. The summed E-state index contributed by atoms with van der Waals surface area (Å²) in [6, 6.07) is 68.9. The van der Waals surface area contributed by atoms with Crippen molar-refractivity contribution < 1.29 is 0 Å². The van der Waals surface area contributed by atoms with E-state index in [-0.39, 0.29) is 5.41 Å². The highest BCUT2D eigenvalue weighted by Crippen LogP contribution is 2.53. The zero-order valence-corrected chi connectivity index (χ0v) is 30.3. The van der Waals surface area contributed by atoms with Gasteiger partial charge >= 0.3 is 0 Å². The predicted molar refractivity (Wildman–Crippen MR) is 231 cm³/mol. The standard InChI is InChI=1S/C53H41N/c1-3-38-21-25-40(26-22-38)36-53(37-41-27-23-39(4-2)24-28-41)50-19-11-10-18-48(50)49-34-31-44(35-51(49)53)42-29-32-46(33-30-42)54(45-15-6-5-7-16-45)52-20-12-14-43-13-8-9-17-47(43)52/h3-35H,1-2,36-37H2. The molecular formula is C53H41N. The van der Waals surface area contributed by atoms with E-state index in [9.17, 15) is 0 Å². The Morgan fingerprint density at radius 3 is 1.69 bits per heavy atom. The molecule has 9 rings (SSSR count). The molecule has 0 fully saturated rings. The summed E-state index contributed by atoms with van der Waals surface area (Å²) in [4.78, 5) is 2.37. The number of anilines is 3. The van der Waals surface area contributed by atoms with Crippen molar-refractivity contribution in [3.8, 4) is 22.3 Å². The molecule has 1 heteroatoms. The van der Waals surface area contributed by atoms with Crippen LogP contribution in [-0.4, -0.2) is 0 Å². The molecule has 0 radical (unpaired) electrons. The van der Waals surface area contributed by atoms with Gasteiger partial charge in [-0.25, -0.2) is 0 Å². The van der Waals surface area contributed by atoms with E-state index in [0.29, 0.717) is 0 Å². The average molecular weight is 692 g/mol. The van der Waals surface area contributed by atoms with Gasteiger partial charge in [0.05, 0.1) is 5.69 Å². The van der Waals surface area contributed by atoms with Crippen molar-refractivity contribution in [1.29, 1.82) is 0 Å². The average Bonchev–Trinajstić information content (AvgIpc) is 3.50. The molecule has 0 aromatic heterocycles. The van der Waals surface area contributed by atoms with Crippen LogP contribution in [0.4, 0.5) is 17.1 Å². The molecule has 0 saturated heterocycles. The Morgan fingerprint density at radius 2 is 1.00 bits per heavy atom. The van der Waals surface area contributed by atoms with Crippen molar-refractivity contribution in [2.45, 2.75) is 18.3 Å². The molecule has 0 saturated carbocycles. The molecule has 0 N–H and O–H groups in total. The minimum Gasteiger partial charge on any atom is -0.310 e. The summed E-state index contributed by atoms with van der Waals surface area (Å²) < 4.78 is 0. The smallest absolute Gasteiger partial charge is 0.0540 e. The van der Waals surface area contributed by atoms with Crippen LogP contribution in [0.2, 0.25) is 0 Å². The van der Waals surface area contributed by atoms with Crippen LogP contribution in [-0.2, 0) is 18.3 Å². The Morgan fingerprint density at radius 1 is 0.444 bits per heavy atom. The largest absolute Gasteiger partial charge is 0.310 e. The molecule has 258 valence electrons. The van der Waals surface area contributed by atoms with Crippen LogP contribution in [0.15, 0.2) is 201 Å². The lowest BCUT2D eigenvalue weighted by atomic mass is 9.69. The summed E-state index contributed by atoms with van der Waals surface area (Å²) in [7, 11) is 0. The van der Waals surface area contributed by atoms with Crippen LogP contribution in [0.3, 0.4) is 0 Å². The van der Waals surface area contributed by atoms with Gasteiger partial charge in [-0.3, -0.25) is 0 Å². The number of nitrogens with zero attached hydrogens (tertiary/aromatic N) is 1. The number of benzene rings is 8.